The van der Waals surface area contributed by atoms with E-state index in [0.29, 0.717) is 5.92 Å². The highest BCUT2D eigenvalue weighted by Crippen LogP contribution is 2.24. The quantitative estimate of drug-likeness (QED) is 0.557. The van der Waals surface area contributed by atoms with Crippen LogP contribution in [0.25, 0.3) is 0 Å². The molecule has 2 heteroatoms. The Morgan fingerprint density at radius 3 is 2.36 bits per heavy atom. The lowest BCUT2D eigenvalue weighted by Crippen LogP contribution is -2.14. The van der Waals surface area contributed by atoms with Crippen LogP contribution in [0.4, 0.5) is 0 Å². The molecule has 0 aromatic rings. The number of halogens is 2. The van der Waals surface area contributed by atoms with Gasteiger partial charge in [0.1, 0.15) is 0 Å². The maximum atomic E-state index is 5.95. The van der Waals surface area contributed by atoms with Crippen molar-refractivity contribution in [1.82, 2.24) is 0 Å². The summed E-state index contributed by atoms with van der Waals surface area (Å²) in [6.07, 6.45) is 6.04. The van der Waals surface area contributed by atoms with Gasteiger partial charge >= 0.3 is 0 Å². The zero-order chi connectivity index (χ0) is 8.43. The van der Waals surface area contributed by atoms with Crippen molar-refractivity contribution in [2.45, 2.75) is 24.6 Å². The third-order valence-corrected chi connectivity index (χ3v) is 2.74. The number of rotatable bonds is 1. The molecule has 0 amide bonds. The first kappa shape index (κ1) is 9.15. The molecule has 0 aromatic heterocycles. The average molecular weight is 191 g/mol. The lowest BCUT2D eigenvalue weighted by molar-refractivity contribution is 0.775. The van der Waals surface area contributed by atoms with E-state index in [-0.39, 0.29) is 10.8 Å². The first-order valence-electron chi connectivity index (χ1n) is 3.79. The molecule has 0 spiro atoms. The Morgan fingerprint density at radius 1 is 1.27 bits per heavy atom. The van der Waals surface area contributed by atoms with Crippen LogP contribution in [-0.2, 0) is 0 Å². The Morgan fingerprint density at radius 2 is 1.91 bits per heavy atom. The Hall–Kier alpha value is 0.0600. The van der Waals surface area contributed by atoms with Crippen LogP contribution in [0.3, 0.4) is 0 Å². The molecule has 1 aliphatic rings. The van der Waals surface area contributed by atoms with E-state index in [4.69, 9.17) is 23.2 Å². The maximum absolute atomic E-state index is 5.95. The van der Waals surface area contributed by atoms with Crippen molar-refractivity contribution in [2.24, 2.45) is 5.92 Å². The van der Waals surface area contributed by atoms with Crippen LogP contribution >= 0.6 is 23.2 Å². The number of allylic oxidation sites excluding steroid dienone is 4. The van der Waals surface area contributed by atoms with E-state index in [1.165, 1.54) is 5.57 Å². The lowest BCUT2D eigenvalue weighted by Gasteiger charge is -2.17. The first-order valence-corrected chi connectivity index (χ1v) is 4.66. The molecule has 62 valence electrons. The second-order valence-corrected chi connectivity index (χ2v) is 4.08. The van der Waals surface area contributed by atoms with Crippen molar-refractivity contribution in [3.8, 4) is 0 Å². The van der Waals surface area contributed by atoms with Gasteiger partial charge in [-0.15, -0.1) is 23.2 Å². The van der Waals surface area contributed by atoms with Crippen LogP contribution < -0.4 is 0 Å². The van der Waals surface area contributed by atoms with Crippen LogP contribution in [-0.4, -0.2) is 10.8 Å². The summed E-state index contributed by atoms with van der Waals surface area (Å²) in [6, 6.07) is 0. The SMILES string of the molecule is CC(C)C1=CC(Cl)C(Cl)C=C1. The van der Waals surface area contributed by atoms with Gasteiger partial charge in [-0.1, -0.05) is 32.1 Å². The molecule has 11 heavy (non-hydrogen) atoms. The molecule has 0 aliphatic heterocycles. The minimum absolute atomic E-state index is 0.0424. The van der Waals surface area contributed by atoms with E-state index in [2.05, 4.69) is 19.9 Å². The van der Waals surface area contributed by atoms with Crippen molar-refractivity contribution < 1.29 is 0 Å². The number of alkyl halides is 2. The molecule has 0 nitrogen and oxygen atoms in total. The molecule has 1 rings (SSSR count). The fraction of sp³-hybridized carbons (Fsp3) is 0.556. The molecule has 0 N–H and O–H groups in total. The van der Waals surface area contributed by atoms with Crippen molar-refractivity contribution in [3.63, 3.8) is 0 Å². The van der Waals surface area contributed by atoms with Gasteiger partial charge in [0, 0.05) is 0 Å². The fourth-order valence-electron chi connectivity index (χ4n) is 1.03. The van der Waals surface area contributed by atoms with Crippen molar-refractivity contribution in [1.29, 1.82) is 0 Å². The summed E-state index contributed by atoms with van der Waals surface area (Å²) < 4.78 is 0. The molecule has 0 saturated heterocycles. The van der Waals surface area contributed by atoms with Gasteiger partial charge in [-0.3, -0.25) is 0 Å². The molecule has 0 fully saturated rings. The average Bonchev–Trinajstić information content (AvgIpc) is 1.94. The molecule has 0 heterocycles. The number of hydrogen-bond acceptors (Lipinski definition) is 0. The van der Waals surface area contributed by atoms with Gasteiger partial charge in [0.25, 0.3) is 0 Å². The summed E-state index contributed by atoms with van der Waals surface area (Å²) in [4.78, 5) is 0. The Labute approximate surface area is 77.9 Å². The van der Waals surface area contributed by atoms with Crippen molar-refractivity contribution in [2.75, 3.05) is 0 Å². The highest BCUT2D eigenvalue weighted by atomic mass is 35.5. The molecule has 0 aromatic carbocycles. The van der Waals surface area contributed by atoms with E-state index < -0.39 is 0 Å². The fourth-order valence-corrected chi connectivity index (χ4v) is 1.40. The van der Waals surface area contributed by atoms with E-state index in [0.717, 1.165) is 0 Å². The standard InChI is InChI=1S/C9H12Cl2/c1-6(2)7-3-4-8(10)9(11)5-7/h3-6,8-9H,1-2H3. The normalized spacial score (nSPS) is 30.8. The van der Waals surface area contributed by atoms with E-state index in [1.54, 1.807) is 0 Å². The molecular weight excluding hydrogens is 179 g/mol. The molecule has 2 atom stereocenters. The topological polar surface area (TPSA) is 0 Å². The Bertz CT molecular complexity index is 192. The predicted molar refractivity (Wildman–Crippen MR) is 51.3 cm³/mol. The van der Waals surface area contributed by atoms with Crippen LogP contribution in [0.1, 0.15) is 13.8 Å². The third kappa shape index (κ3) is 2.25. The molecular formula is C9H12Cl2. The summed E-state index contributed by atoms with van der Waals surface area (Å²) >= 11 is 11.8. The minimum atomic E-state index is -0.0425. The van der Waals surface area contributed by atoms with Gasteiger partial charge in [0.2, 0.25) is 0 Å². The minimum Gasteiger partial charge on any atom is -0.116 e. The van der Waals surface area contributed by atoms with Gasteiger partial charge < -0.3 is 0 Å². The van der Waals surface area contributed by atoms with Crippen molar-refractivity contribution >= 4 is 23.2 Å². The van der Waals surface area contributed by atoms with E-state index >= 15 is 0 Å². The molecule has 0 bridgehead atoms. The lowest BCUT2D eigenvalue weighted by atomic mass is 9.97. The highest BCUT2D eigenvalue weighted by Gasteiger charge is 2.16. The second kappa shape index (κ2) is 3.64. The maximum Gasteiger partial charge on any atom is 0.0720 e. The summed E-state index contributed by atoms with van der Waals surface area (Å²) in [6.45, 7) is 4.29. The van der Waals surface area contributed by atoms with Crippen LogP contribution in [0.5, 0.6) is 0 Å². The van der Waals surface area contributed by atoms with Crippen molar-refractivity contribution in [3.05, 3.63) is 23.8 Å². The second-order valence-electron chi connectivity index (χ2n) is 3.07. The molecule has 2 unspecified atom stereocenters. The largest absolute Gasteiger partial charge is 0.116 e. The Balaban J connectivity index is 2.72. The molecule has 0 saturated carbocycles. The molecule has 0 radical (unpaired) electrons. The summed E-state index contributed by atoms with van der Waals surface area (Å²) in [5, 5.41) is -0.0850. The summed E-state index contributed by atoms with van der Waals surface area (Å²) in [5.74, 6) is 0.539. The van der Waals surface area contributed by atoms with Gasteiger partial charge in [-0.2, -0.15) is 0 Å². The highest BCUT2D eigenvalue weighted by molar-refractivity contribution is 6.31. The van der Waals surface area contributed by atoms with E-state index in [1.807, 2.05) is 12.2 Å². The predicted octanol–water partition coefficient (Wildman–Crippen LogP) is 3.35. The monoisotopic (exact) mass is 190 g/mol. The number of hydrogen-bond donors (Lipinski definition) is 0. The zero-order valence-corrected chi connectivity index (χ0v) is 8.23. The van der Waals surface area contributed by atoms with Gasteiger partial charge in [0.15, 0.2) is 0 Å². The van der Waals surface area contributed by atoms with Crippen LogP contribution in [0, 0.1) is 5.92 Å². The van der Waals surface area contributed by atoms with E-state index in [9.17, 15) is 0 Å². The van der Waals surface area contributed by atoms with Crippen LogP contribution in [0.15, 0.2) is 23.8 Å². The summed E-state index contributed by atoms with van der Waals surface area (Å²) in [5.41, 5.74) is 1.28. The summed E-state index contributed by atoms with van der Waals surface area (Å²) in [7, 11) is 0. The van der Waals surface area contributed by atoms with Gasteiger partial charge in [-0.05, 0) is 11.5 Å². The smallest absolute Gasteiger partial charge is 0.0720 e. The molecule has 1 aliphatic carbocycles. The first-order chi connectivity index (χ1) is 5.11. The van der Waals surface area contributed by atoms with Crippen LogP contribution in [0.2, 0.25) is 0 Å². The van der Waals surface area contributed by atoms with Gasteiger partial charge in [0.05, 0.1) is 10.8 Å². The Kier molecular flexibility index (Phi) is 3.03. The third-order valence-electron chi connectivity index (χ3n) is 1.80. The zero-order valence-electron chi connectivity index (χ0n) is 6.72. The van der Waals surface area contributed by atoms with Gasteiger partial charge in [-0.25, -0.2) is 0 Å².